The molecule has 5 rings (SSSR count). The molecule has 1 aromatic heterocycles. The van der Waals surface area contributed by atoms with Crippen molar-refractivity contribution in [1.82, 2.24) is 26.1 Å². The van der Waals surface area contributed by atoms with Gasteiger partial charge in [-0.3, -0.25) is 29.2 Å². The number of pyridine rings is 1. The molecule has 1 aromatic carbocycles. The van der Waals surface area contributed by atoms with E-state index in [9.17, 15) is 24.3 Å². The molecule has 4 atom stereocenters. The number of rotatable bonds is 1. The van der Waals surface area contributed by atoms with Gasteiger partial charge < -0.3 is 20.5 Å². The number of esters is 1. The molecule has 44 heavy (non-hydrogen) atoms. The van der Waals surface area contributed by atoms with Gasteiger partial charge in [-0.1, -0.05) is 44.2 Å². The van der Waals surface area contributed by atoms with Crippen molar-refractivity contribution in [2.75, 3.05) is 6.54 Å². The maximum absolute atomic E-state index is 13.9. The van der Waals surface area contributed by atoms with E-state index in [1.807, 2.05) is 49.4 Å². The second-order valence-electron chi connectivity index (χ2n) is 12.8. The van der Waals surface area contributed by atoms with E-state index in [2.05, 4.69) is 16.1 Å². The van der Waals surface area contributed by atoms with E-state index in [4.69, 9.17) is 9.72 Å². The van der Waals surface area contributed by atoms with Crippen LogP contribution in [0, 0.1) is 11.3 Å². The molecule has 0 radical (unpaired) electrons. The van der Waals surface area contributed by atoms with Crippen molar-refractivity contribution in [3.63, 3.8) is 0 Å². The Morgan fingerprint density at radius 3 is 2.41 bits per heavy atom. The van der Waals surface area contributed by atoms with Crippen LogP contribution in [0.5, 0.6) is 0 Å². The Balaban J connectivity index is 1.53. The lowest BCUT2D eigenvalue weighted by molar-refractivity contribution is -0.168. The largest absolute Gasteiger partial charge is 0.451 e. The van der Waals surface area contributed by atoms with Crippen LogP contribution in [0.1, 0.15) is 83.5 Å². The minimum absolute atomic E-state index is 0.245. The first-order chi connectivity index (χ1) is 21.0. The van der Waals surface area contributed by atoms with Gasteiger partial charge in [0.15, 0.2) is 6.10 Å². The zero-order chi connectivity index (χ0) is 31.6. The Morgan fingerprint density at radius 2 is 1.68 bits per heavy atom. The number of aromatic nitrogens is 1. The molecule has 3 aliphatic rings. The van der Waals surface area contributed by atoms with Gasteiger partial charge in [-0.25, -0.2) is 5.43 Å². The summed E-state index contributed by atoms with van der Waals surface area (Å²) in [5.74, 6) is -2.09. The number of hydrogen-bond acceptors (Lipinski definition) is 8. The Hall–Kier alpha value is -3.83. The van der Waals surface area contributed by atoms with Gasteiger partial charge in [-0.05, 0) is 76.0 Å². The number of cyclic esters (lactones) is 1. The number of nitrogens with one attached hydrogen (secondary N) is 3. The molecule has 236 valence electrons. The number of fused-ring (bicyclic) bond motifs is 4. The molecule has 2 aromatic rings. The van der Waals surface area contributed by atoms with Crippen molar-refractivity contribution in [2.24, 2.45) is 11.3 Å². The van der Waals surface area contributed by atoms with E-state index in [0.29, 0.717) is 50.8 Å². The molecule has 11 heteroatoms. The number of benzene rings is 1. The first-order valence-corrected chi connectivity index (χ1v) is 15.6. The molecule has 2 aliphatic heterocycles. The summed E-state index contributed by atoms with van der Waals surface area (Å²) in [6.07, 6.45) is 4.84. The standard InChI is InChI=1S/C33H43N5O6/c1-19(2)28-30(41)35-21(4)31(42)38-17-5-6-26(37-38)29(40)34-20(3)25-10-9-23-8-7-22(18-27(23)36-25)11-14-33(32(43)44-28)15-12-24(39)13-16-33/h7-11,14,18-21,24,26,28,37,39H,5-6,12-13,15-17H2,1-4H3,(H,34,40)(H,35,41)/b14-11+/t20-,21+,24-,26?,28+,33-/m1/s1. The van der Waals surface area contributed by atoms with E-state index in [1.54, 1.807) is 20.8 Å². The monoisotopic (exact) mass is 605 g/mol. The lowest BCUT2D eigenvalue weighted by atomic mass is 9.72. The lowest BCUT2D eigenvalue weighted by Crippen LogP contribution is -2.61. The van der Waals surface area contributed by atoms with Crippen molar-refractivity contribution in [1.29, 1.82) is 0 Å². The Kier molecular flexibility index (Phi) is 9.36. The molecule has 3 amide bonds. The number of amides is 3. The van der Waals surface area contributed by atoms with Gasteiger partial charge in [-0.15, -0.1) is 0 Å². The Labute approximate surface area is 257 Å². The summed E-state index contributed by atoms with van der Waals surface area (Å²) in [4.78, 5) is 58.7. The fourth-order valence-corrected chi connectivity index (χ4v) is 6.15. The highest BCUT2D eigenvalue weighted by atomic mass is 16.5. The number of carbonyl (C=O) groups is 4. The Bertz CT molecular complexity index is 1450. The number of hydrogen-bond donors (Lipinski definition) is 4. The molecular formula is C33H43N5O6. The number of aliphatic hydroxyl groups excluding tert-OH is 1. The third-order valence-corrected chi connectivity index (χ3v) is 8.98. The summed E-state index contributed by atoms with van der Waals surface area (Å²) in [7, 11) is 0. The van der Waals surface area contributed by atoms with Crippen LogP contribution in [0.4, 0.5) is 0 Å². The number of carbonyl (C=O) groups excluding carboxylic acids is 4. The van der Waals surface area contributed by atoms with Crippen molar-refractivity contribution in [3.05, 3.63) is 47.7 Å². The van der Waals surface area contributed by atoms with Gasteiger partial charge in [0.05, 0.1) is 28.8 Å². The van der Waals surface area contributed by atoms with E-state index in [1.165, 1.54) is 5.01 Å². The lowest BCUT2D eigenvalue weighted by Gasteiger charge is -2.36. The van der Waals surface area contributed by atoms with Crippen molar-refractivity contribution >= 4 is 40.7 Å². The molecule has 1 aliphatic carbocycles. The fourth-order valence-electron chi connectivity index (χ4n) is 6.15. The van der Waals surface area contributed by atoms with Gasteiger partial charge in [0.2, 0.25) is 5.91 Å². The molecule has 1 saturated heterocycles. The zero-order valence-electron chi connectivity index (χ0n) is 25.8. The number of aliphatic hydroxyl groups is 1. The molecule has 4 N–H and O–H groups in total. The number of hydrazine groups is 1. The summed E-state index contributed by atoms with van der Waals surface area (Å²) in [6.45, 7) is 7.39. The van der Waals surface area contributed by atoms with Crippen LogP contribution >= 0.6 is 0 Å². The van der Waals surface area contributed by atoms with Crippen LogP contribution in [0.2, 0.25) is 0 Å². The summed E-state index contributed by atoms with van der Waals surface area (Å²) in [5, 5.41) is 18.3. The third-order valence-electron chi connectivity index (χ3n) is 8.98. The fraction of sp³-hybridized carbons (Fsp3) is 0.545. The SMILES string of the molecule is CC(C)[C@@H]1OC(=O)[C@]2(/C=C/c3ccc4ccc(nc4c3)[C@@H](C)NC(=O)C3CCCN(N3)C(=O)[C@H](C)NC1=O)CC[C@@H](O)CC2. The molecule has 2 fully saturated rings. The molecule has 1 spiro atoms. The van der Waals surface area contributed by atoms with Crippen LogP contribution in [-0.2, 0) is 23.9 Å². The van der Waals surface area contributed by atoms with Gasteiger partial charge in [0.25, 0.3) is 11.8 Å². The highest BCUT2D eigenvalue weighted by molar-refractivity contribution is 5.92. The van der Waals surface area contributed by atoms with Gasteiger partial charge in [0.1, 0.15) is 12.1 Å². The van der Waals surface area contributed by atoms with Crippen molar-refractivity contribution in [2.45, 2.75) is 96.6 Å². The minimum Gasteiger partial charge on any atom is -0.451 e. The Morgan fingerprint density at radius 1 is 0.977 bits per heavy atom. The van der Waals surface area contributed by atoms with Crippen molar-refractivity contribution in [3.8, 4) is 0 Å². The van der Waals surface area contributed by atoms with E-state index in [0.717, 1.165) is 16.5 Å². The number of nitrogens with zero attached hydrogens (tertiary/aromatic N) is 2. The van der Waals surface area contributed by atoms with Crippen LogP contribution in [0.15, 0.2) is 36.4 Å². The van der Waals surface area contributed by atoms with E-state index < -0.39 is 47.5 Å². The molecule has 5 bridgehead atoms. The zero-order valence-corrected chi connectivity index (χ0v) is 25.8. The maximum Gasteiger partial charge on any atom is 0.316 e. The highest BCUT2D eigenvalue weighted by Gasteiger charge is 2.43. The van der Waals surface area contributed by atoms with Gasteiger partial charge in [-0.2, -0.15) is 0 Å². The van der Waals surface area contributed by atoms with Crippen LogP contribution in [0.25, 0.3) is 17.0 Å². The quantitative estimate of drug-likeness (QED) is 0.363. The predicted molar refractivity (Wildman–Crippen MR) is 164 cm³/mol. The highest BCUT2D eigenvalue weighted by Crippen LogP contribution is 2.40. The smallest absolute Gasteiger partial charge is 0.316 e. The second-order valence-corrected chi connectivity index (χ2v) is 12.8. The van der Waals surface area contributed by atoms with Gasteiger partial charge >= 0.3 is 5.97 Å². The van der Waals surface area contributed by atoms with E-state index >= 15 is 0 Å². The topological polar surface area (TPSA) is 150 Å². The second kappa shape index (κ2) is 13.0. The molecule has 1 unspecified atom stereocenters. The first kappa shape index (κ1) is 31.6. The summed E-state index contributed by atoms with van der Waals surface area (Å²) >= 11 is 0. The average Bonchev–Trinajstić information content (AvgIpc) is 3.01. The molecular weight excluding hydrogens is 562 g/mol. The minimum atomic E-state index is -1.12. The summed E-state index contributed by atoms with van der Waals surface area (Å²) < 4.78 is 5.93. The molecule has 3 heterocycles. The number of ether oxygens (including phenoxy) is 1. The van der Waals surface area contributed by atoms with E-state index in [-0.39, 0.29) is 17.9 Å². The molecule has 11 nitrogen and oxygen atoms in total. The third kappa shape index (κ3) is 6.78. The first-order valence-electron chi connectivity index (χ1n) is 15.6. The predicted octanol–water partition coefficient (Wildman–Crippen LogP) is 2.93. The van der Waals surface area contributed by atoms with Crippen molar-refractivity contribution < 1.29 is 29.0 Å². The van der Waals surface area contributed by atoms with Crippen LogP contribution in [-0.4, -0.2) is 69.6 Å². The molecule has 1 saturated carbocycles. The normalized spacial score (nSPS) is 31.5. The maximum atomic E-state index is 13.9. The summed E-state index contributed by atoms with van der Waals surface area (Å²) in [6, 6.07) is 7.74. The summed E-state index contributed by atoms with van der Waals surface area (Å²) in [5.41, 5.74) is 4.27. The van der Waals surface area contributed by atoms with Crippen LogP contribution in [0.3, 0.4) is 0 Å². The van der Waals surface area contributed by atoms with Gasteiger partial charge in [0, 0.05) is 11.9 Å². The van der Waals surface area contributed by atoms with Crippen LogP contribution < -0.4 is 16.1 Å². The average molecular weight is 606 g/mol.